The highest BCUT2D eigenvalue weighted by Gasteiger charge is 2.72. The molecular weight excluding hydrogens is 412 g/mol. The SMILES string of the molecule is COc1ccc(NCC(=O)OC2CCC3(CO3)C(C3(C)OC3CC=C(C)C)C2OC)cn1. The van der Waals surface area contributed by atoms with Crippen LogP contribution < -0.4 is 10.1 Å². The number of carbonyl (C=O) groups excluding carboxylic acids is 1. The maximum atomic E-state index is 12.6. The highest BCUT2D eigenvalue weighted by Crippen LogP contribution is 2.59. The van der Waals surface area contributed by atoms with Crippen molar-refractivity contribution in [3.63, 3.8) is 0 Å². The van der Waals surface area contributed by atoms with E-state index in [2.05, 4.69) is 37.1 Å². The lowest BCUT2D eigenvalue weighted by atomic mass is 9.68. The Labute approximate surface area is 189 Å². The third-order valence-electron chi connectivity index (χ3n) is 6.90. The van der Waals surface area contributed by atoms with E-state index in [0.717, 1.165) is 18.5 Å². The molecule has 1 spiro atoms. The number of hydrogen-bond acceptors (Lipinski definition) is 8. The van der Waals surface area contributed by atoms with E-state index in [1.165, 1.54) is 5.57 Å². The minimum Gasteiger partial charge on any atom is -0.481 e. The normalized spacial score (nSPS) is 35.2. The molecule has 32 heavy (non-hydrogen) atoms. The Morgan fingerprint density at radius 3 is 2.72 bits per heavy atom. The molecule has 8 nitrogen and oxygen atoms in total. The fraction of sp³-hybridized carbons (Fsp3) is 0.667. The molecule has 176 valence electrons. The van der Waals surface area contributed by atoms with E-state index < -0.39 is 0 Å². The van der Waals surface area contributed by atoms with Crippen molar-refractivity contribution in [2.75, 3.05) is 32.7 Å². The number of carbonyl (C=O) groups is 1. The number of nitrogens with one attached hydrogen (secondary N) is 1. The maximum absolute atomic E-state index is 12.6. The molecule has 3 aliphatic rings. The molecule has 6 unspecified atom stereocenters. The van der Waals surface area contributed by atoms with E-state index in [-0.39, 0.29) is 47.9 Å². The first-order chi connectivity index (χ1) is 15.3. The highest BCUT2D eigenvalue weighted by molar-refractivity contribution is 5.75. The second kappa shape index (κ2) is 9.00. The van der Waals surface area contributed by atoms with Crippen molar-refractivity contribution in [1.82, 2.24) is 4.98 Å². The predicted molar refractivity (Wildman–Crippen MR) is 119 cm³/mol. The van der Waals surface area contributed by atoms with Gasteiger partial charge in [-0.25, -0.2) is 4.98 Å². The van der Waals surface area contributed by atoms with Gasteiger partial charge in [0.15, 0.2) is 0 Å². The van der Waals surface area contributed by atoms with Gasteiger partial charge in [-0.1, -0.05) is 11.6 Å². The van der Waals surface area contributed by atoms with Crippen LogP contribution in [0.15, 0.2) is 30.0 Å². The molecule has 1 aromatic heterocycles. The summed E-state index contributed by atoms with van der Waals surface area (Å²) in [5.41, 5.74) is 1.42. The number of nitrogens with zero attached hydrogens (tertiary/aromatic N) is 1. The zero-order chi connectivity index (χ0) is 22.9. The topological polar surface area (TPSA) is 94.7 Å². The highest BCUT2D eigenvalue weighted by atomic mass is 16.6. The van der Waals surface area contributed by atoms with E-state index in [0.29, 0.717) is 18.9 Å². The summed E-state index contributed by atoms with van der Waals surface area (Å²) in [5.74, 6) is 0.201. The minimum atomic E-state index is -0.346. The Bertz CT molecular complexity index is 849. The number of rotatable bonds is 9. The predicted octanol–water partition coefficient (Wildman–Crippen LogP) is 3.12. The molecule has 1 aromatic rings. The summed E-state index contributed by atoms with van der Waals surface area (Å²) in [6.45, 7) is 7.08. The molecule has 3 heterocycles. The Hall–Kier alpha value is -2.16. The van der Waals surface area contributed by atoms with Crippen LogP contribution in [0.3, 0.4) is 0 Å². The van der Waals surface area contributed by atoms with Crippen molar-refractivity contribution in [2.45, 2.75) is 69.5 Å². The Balaban J connectivity index is 1.39. The smallest absolute Gasteiger partial charge is 0.325 e. The summed E-state index contributed by atoms with van der Waals surface area (Å²) in [6.07, 6.45) is 5.74. The van der Waals surface area contributed by atoms with Crippen LogP contribution in [0.4, 0.5) is 5.69 Å². The van der Waals surface area contributed by atoms with Gasteiger partial charge >= 0.3 is 5.97 Å². The van der Waals surface area contributed by atoms with Crippen LogP contribution in [-0.2, 0) is 23.7 Å². The van der Waals surface area contributed by atoms with Crippen LogP contribution in [0, 0.1) is 5.92 Å². The fourth-order valence-electron chi connectivity index (χ4n) is 5.06. The zero-order valence-corrected chi connectivity index (χ0v) is 19.6. The number of aromatic nitrogens is 1. The van der Waals surface area contributed by atoms with Gasteiger partial charge in [-0.05, 0) is 46.1 Å². The van der Waals surface area contributed by atoms with Gasteiger partial charge in [-0.15, -0.1) is 0 Å². The summed E-state index contributed by atoms with van der Waals surface area (Å²) in [6, 6.07) is 3.54. The largest absolute Gasteiger partial charge is 0.481 e. The number of hydrogen-bond donors (Lipinski definition) is 1. The van der Waals surface area contributed by atoms with Crippen LogP contribution in [-0.4, -0.2) is 67.8 Å². The Kier molecular flexibility index (Phi) is 6.47. The molecule has 1 saturated carbocycles. The summed E-state index contributed by atoms with van der Waals surface area (Å²) >= 11 is 0. The summed E-state index contributed by atoms with van der Waals surface area (Å²) < 4.78 is 29.0. The Morgan fingerprint density at radius 2 is 2.12 bits per heavy atom. The fourth-order valence-corrected chi connectivity index (χ4v) is 5.06. The van der Waals surface area contributed by atoms with Gasteiger partial charge in [0, 0.05) is 13.2 Å². The third kappa shape index (κ3) is 4.63. The van der Waals surface area contributed by atoms with Crippen molar-refractivity contribution >= 4 is 11.7 Å². The lowest BCUT2D eigenvalue weighted by Gasteiger charge is -2.42. The molecule has 3 fully saturated rings. The van der Waals surface area contributed by atoms with Crippen molar-refractivity contribution in [2.24, 2.45) is 5.92 Å². The van der Waals surface area contributed by atoms with Gasteiger partial charge in [0.2, 0.25) is 5.88 Å². The van der Waals surface area contributed by atoms with Crippen LogP contribution in [0.25, 0.3) is 0 Å². The van der Waals surface area contributed by atoms with Gasteiger partial charge in [0.1, 0.15) is 30.0 Å². The second-order valence-corrected chi connectivity index (χ2v) is 9.35. The average molecular weight is 447 g/mol. The number of anilines is 1. The molecular formula is C24H34N2O6. The van der Waals surface area contributed by atoms with E-state index >= 15 is 0 Å². The van der Waals surface area contributed by atoms with Crippen molar-refractivity contribution in [1.29, 1.82) is 0 Å². The summed E-state index contributed by atoms with van der Waals surface area (Å²) in [4.78, 5) is 16.7. The summed E-state index contributed by atoms with van der Waals surface area (Å²) in [5, 5.41) is 3.05. The molecule has 0 radical (unpaired) electrons. The van der Waals surface area contributed by atoms with Crippen LogP contribution in [0.5, 0.6) is 5.88 Å². The van der Waals surface area contributed by atoms with E-state index in [1.54, 1.807) is 32.5 Å². The maximum Gasteiger partial charge on any atom is 0.325 e. The minimum absolute atomic E-state index is 0.0147. The van der Waals surface area contributed by atoms with Crippen LogP contribution >= 0.6 is 0 Å². The van der Waals surface area contributed by atoms with Gasteiger partial charge < -0.3 is 29.0 Å². The van der Waals surface area contributed by atoms with Crippen LogP contribution in [0.1, 0.15) is 40.0 Å². The molecule has 6 atom stereocenters. The lowest BCUT2D eigenvalue weighted by Crippen LogP contribution is -2.55. The summed E-state index contributed by atoms with van der Waals surface area (Å²) in [7, 11) is 3.24. The molecule has 8 heteroatoms. The van der Waals surface area contributed by atoms with Gasteiger partial charge in [0.05, 0.1) is 37.6 Å². The first-order valence-electron chi connectivity index (χ1n) is 11.2. The second-order valence-electron chi connectivity index (χ2n) is 9.35. The molecule has 2 saturated heterocycles. The number of esters is 1. The lowest BCUT2D eigenvalue weighted by molar-refractivity contribution is -0.170. The molecule has 1 N–H and O–H groups in total. The zero-order valence-electron chi connectivity index (χ0n) is 19.6. The first kappa shape index (κ1) is 23.0. The van der Waals surface area contributed by atoms with Crippen molar-refractivity contribution < 1.29 is 28.5 Å². The third-order valence-corrected chi connectivity index (χ3v) is 6.90. The van der Waals surface area contributed by atoms with E-state index in [1.807, 2.05) is 0 Å². The van der Waals surface area contributed by atoms with Gasteiger partial charge in [-0.3, -0.25) is 4.79 Å². The average Bonchev–Trinajstić information content (AvgIpc) is 3.69. The van der Waals surface area contributed by atoms with E-state index in [4.69, 9.17) is 23.7 Å². The molecule has 4 rings (SSSR count). The quantitative estimate of drug-likeness (QED) is 0.351. The van der Waals surface area contributed by atoms with Crippen molar-refractivity contribution in [3.05, 3.63) is 30.0 Å². The molecule has 0 amide bonds. The number of allylic oxidation sites excluding steroid dienone is 1. The van der Waals surface area contributed by atoms with Gasteiger partial charge in [0.25, 0.3) is 0 Å². The van der Waals surface area contributed by atoms with E-state index in [9.17, 15) is 4.79 Å². The molecule has 1 aliphatic carbocycles. The monoisotopic (exact) mass is 446 g/mol. The number of pyridine rings is 1. The molecule has 0 bridgehead atoms. The number of methoxy groups -OCH3 is 2. The van der Waals surface area contributed by atoms with Gasteiger partial charge in [-0.2, -0.15) is 0 Å². The number of ether oxygens (including phenoxy) is 5. The first-order valence-corrected chi connectivity index (χ1v) is 11.2. The standard InChI is InChI=1S/C24H34N2O6/c1-15(2)6-8-18-23(3,32-18)22-21(29-5)17(10-11-24(22)14-30-24)31-20(27)13-25-16-7-9-19(28-4)26-12-16/h6-7,9,12,17-18,21-22,25H,8,10-11,13-14H2,1-5H3. The molecule has 2 aliphatic heterocycles. The Morgan fingerprint density at radius 1 is 1.34 bits per heavy atom. The molecule has 0 aromatic carbocycles. The van der Waals surface area contributed by atoms with Crippen molar-refractivity contribution in [3.8, 4) is 5.88 Å². The van der Waals surface area contributed by atoms with Crippen LogP contribution in [0.2, 0.25) is 0 Å². The number of epoxide rings is 2.